The van der Waals surface area contributed by atoms with Gasteiger partial charge in [0.1, 0.15) is 5.76 Å². The smallest absolute Gasteiger partial charge is 0.339 e. The highest BCUT2D eigenvalue weighted by atomic mass is 32.1. The summed E-state index contributed by atoms with van der Waals surface area (Å²) in [4.78, 5) is 24.7. The number of rotatable bonds is 4. The van der Waals surface area contributed by atoms with Gasteiger partial charge in [0.25, 0.3) is 5.91 Å². The molecule has 1 heterocycles. The number of methoxy groups -OCH3 is 1. The van der Waals surface area contributed by atoms with Crippen molar-refractivity contribution in [3.05, 3.63) is 52.5 Å². The average molecular weight is 400 g/mol. The highest BCUT2D eigenvalue weighted by Crippen LogP contribution is 2.30. The highest BCUT2D eigenvalue weighted by Gasteiger charge is 2.28. The molecule has 0 aliphatic heterocycles. The summed E-state index contributed by atoms with van der Waals surface area (Å²) in [6.07, 6.45) is 2.26. The van der Waals surface area contributed by atoms with Gasteiger partial charge in [-0.05, 0) is 44.1 Å². The second kappa shape index (κ2) is 8.22. The maximum atomic E-state index is 12.8. The van der Waals surface area contributed by atoms with Gasteiger partial charge >= 0.3 is 5.97 Å². The third-order valence-electron chi connectivity index (χ3n) is 4.41. The number of amides is 1. The molecule has 1 amide bonds. The van der Waals surface area contributed by atoms with Gasteiger partial charge in [0.15, 0.2) is 10.9 Å². The van der Waals surface area contributed by atoms with E-state index in [2.05, 4.69) is 15.8 Å². The summed E-state index contributed by atoms with van der Waals surface area (Å²) < 4.78 is 10.6. The molecule has 0 saturated heterocycles. The largest absolute Gasteiger partial charge is 0.465 e. The number of nitrogens with zero attached hydrogens (tertiary/aromatic N) is 1. The van der Waals surface area contributed by atoms with Crippen LogP contribution < -0.4 is 16.5 Å². The minimum Gasteiger partial charge on any atom is -0.465 e. The maximum Gasteiger partial charge on any atom is 0.339 e. The summed E-state index contributed by atoms with van der Waals surface area (Å²) in [5.41, 5.74) is 10.8. The predicted molar refractivity (Wildman–Crippen MR) is 109 cm³/mol. The van der Waals surface area contributed by atoms with Crippen LogP contribution in [0, 0.1) is 6.92 Å². The first kappa shape index (κ1) is 19.6. The van der Waals surface area contributed by atoms with Gasteiger partial charge in [-0.15, -0.1) is 0 Å². The number of carbonyl (C=O) groups is 2. The van der Waals surface area contributed by atoms with Gasteiger partial charge in [-0.2, -0.15) is 5.10 Å². The zero-order chi connectivity index (χ0) is 20.3. The van der Waals surface area contributed by atoms with Crippen LogP contribution in [0.2, 0.25) is 0 Å². The van der Waals surface area contributed by atoms with Gasteiger partial charge < -0.3 is 20.2 Å². The topological polar surface area (TPSA) is 119 Å². The number of thiocarbonyl (C=S) groups is 1. The number of nitrogens with one attached hydrogen (secondary N) is 2. The molecule has 0 atom stereocenters. The van der Waals surface area contributed by atoms with Crippen molar-refractivity contribution < 1.29 is 18.7 Å². The Bertz CT molecular complexity index is 980. The fourth-order valence-electron chi connectivity index (χ4n) is 3.18. The molecule has 0 bridgehead atoms. The molecule has 146 valence electrons. The Kier molecular flexibility index (Phi) is 5.74. The van der Waals surface area contributed by atoms with Crippen molar-refractivity contribution in [3.63, 3.8) is 0 Å². The Morgan fingerprint density at radius 3 is 2.75 bits per heavy atom. The van der Waals surface area contributed by atoms with Crippen LogP contribution >= 0.6 is 12.2 Å². The lowest BCUT2D eigenvalue weighted by Gasteiger charge is -2.13. The first-order valence-electron chi connectivity index (χ1n) is 8.65. The molecule has 28 heavy (non-hydrogen) atoms. The van der Waals surface area contributed by atoms with E-state index < -0.39 is 11.9 Å². The van der Waals surface area contributed by atoms with E-state index in [-0.39, 0.29) is 16.4 Å². The molecule has 1 aliphatic rings. The summed E-state index contributed by atoms with van der Waals surface area (Å²) in [5, 5.41) is 7.03. The number of anilines is 1. The van der Waals surface area contributed by atoms with Gasteiger partial charge in [0, 0.05) is 17.5 Å². The van der Waals surface area contributed by atoms with Crippen molar-refractivity contribution in [1.82, 2.24) is 5.43 Å². The van der Waals surface area contributed by atoms with Crippen molar-refractivity contribution >= 4 is 40.6 Å². The van der Waals surface area contributed by atoms with Crippen LogP contribution in [-0.4, -0.2) is 29.8 Å². The Labute approximate surface area is 167 Å². The standard InChI is InChI=1S/C19H20N4O4S/c1-10-15-13(22-23-19(20)28)8-5-9-14(15)27-16(10)17(24)21-12-7-4-3-6-11(12)18(25)26-2/h3-4,6-7H,5,8-9H2,1-2H3,(H,21,24)(H3,20,23,28)/b22-13+. The van der Waals surface area contributed by atoms with Crippen LogP contribution in [0.15, 0.2) is 33.8 Å². The lowest BCUT2D eigenvalue weighted by atomic mass is 9.93. The summed E-state index contributed by atoms with van der Waals surface area (Å²) in [6, 6.07) is 6.61. The van der Waals surface area contributed by atoms with Crippen molar-refractivity contribution in [2.75, 3.05) is 12.4 Å². The van der Waals surface area contributed by atoms with Gasteiger partial charge in [-0.25, -0.2) is 4.79 Å². The Hall–Kier alpha value is -3.20. The van der Waals surface area contributed by atoms with E-state index in [1.807, 2.05) is 0 Å². The molecule has 4 N–H and O–H groups in total. The van der Waals surface area contributed by atoms with E-state index in [1.54, 1.807) is 31.2 Å². The number of aryl methyl sites for hydroxylation is 1. The van der Waals surface area contributed by atoms with Crippen molar-refractivity contribution in [2.45, 2.75) is 26.2 Å². The second-order valence-corrected chi connectivity index (χ2v) is 6.67. The van der Waals surface area contributed by atoms with Gasteiger partial charge in [-0.1, -0.05) is 12.1 Å². The molecule has 1 aromatic carbocycles. The van der Waals surface area contributed by atoms with Crippen molar-refractivity contribution in [2.24, 2.45) is 10.8 Å². The Balaban J connectivity index is 1.92. The predicted octanol–water partition coefficient (Wildman–Crippen LogP) is 2.50. The summed E-state index contributed by atoms with van der Waals surface area (Å²) in [5.74, 6) is -0.122. The number of hydrogen-bond acceptors (Lipinski definition) is 6. The normalized spacial score (nSPS) is 14.3. The minimum absolute atomic E-state index is 0.0677. The molecule has 0 spiro atoms. The van der Waals surface area contributed by atoms with Crippen molar-refractivity contribution in [3.8, 4) is 0 Å². The minimum atomic E-state index is -0.537. The summed E-state index contributed by atoms with van der Waals surface area (Å²) >= 11 is 4.79. The van der Waals surface area contributed by atoms with Gasteiger partial charge in [0.2, 0.25) is 0 Å². The number of para-hydroxylation sites is 1. The molecule has 9 heteroatoms. The second-order valence-electron chi connectivity index (χ2n) is 6.23. The molecule has 0 saturated carbocycles. The summed E-state index contributed by atoms with van der Waals surface area (Å²) in [6.45, 7) is 1.80. The molecule has 1 aromatic heterocycles. The molecule has 1 aliphatic carbocycles. The molecule has 8 nitrogen and oxygen atoms in total. The molecule has 0 radical (unpaired) electrons. The third-order valence-corrected chi connectivity index (χ3v) is 4.50. The van der Waals surface area contributed by atoms with Crippen LogP contribution in [0.5, 0.6) is 0 Å². The van der Waals surface area contributed by atoms with Crippen molar-refractivity contribution in [1.29, 1.82) is 0 Å². The lowest BCUT2D eigenvalue weighted by molar-refractivity contribution is 0.0602. The molecule has 3 rings (SSSR count). The molecular formula is C19H20N4O4S. The number of esters is 1. The fourth-order valence-corrected chi connectivity index (χ4v) is 3.22. The zero-order valence-corrected chi connectivity index (χ0v) is 16.3. The molecular weight excluding hydrogens is 380 g/mol. The number of ether oxygens (including phenoxy) is 1. The third kappa shape index (κ3) is 3.89. The van der Waals surface area contributed by atoms with E-state index in [0.717, 1.165) is 24.1 Å². The fraction of sp³-hybridized carbons (Fsp3) is 0.263. The Morgan fingerprint density at radius 1 is 1.29 bits per heavy atom. The highest BCUT2D eigenvalue weighted by molar-refractivity contribution is 7.80. The van der Waals surface area contributed by atoms with Gasteiger partial charge in [0.05, 0.1) is 24.1 Å². The van der Waals surface area contributed by atoms with Crippen LogP contribution in [0.1, 0.15) is 50.6 Å². The first-order valence-corrected chi connectivity index (χ1v) is 9.06. The maximum absolute atomic E-state index is 12.8. The number of furan rings is 1. The number of carbonyl (C=O) groups excluding carboxylic acids is 2. The van der Waals surface area contributed by atoms with Crippen LogP contribution in [-0.2, 0) is 11.2 Å². The zero-order valence-electron chi connectivity index (χ0n) is 15.5. The summed E-state index contributed by atoms with van der Waals surface area (Å²) in [7, 11) is 1.29. The van der Waals surface area contributed by atoms with Crippen LogP contribution in [0.25, 0.3) is 0 Å². The first-order chi connectivity index (χ1) is 13.4. The van der Waals surface area contributed by atoms with E-state index >= 15 is 0 Å². The van der Waals surface area contributed by atoms with Crippen LogP contribution in [0.3, 0.4) is 0 Å². The van der Waals surface area contributed by atoms with E-state index in [4.69, 9.17) is 27.1 Å². The van der Waals surface area contributed by atoms with E-state index in [9.17, 15) is 9.59 Å². The van der Waals surface area contributed by atoms with E-state index in [0.29, 0.717) is 23.4 Å². The van der Waals surface area contributed by atoms with E-state index in [1.165, 1.54) is 7.11 Å². The molecule has 0 fully saturated rings. The monoisotopic (exact) mass is 400 g/mol. The quantitative estimate of drug-likeness (QED) is 0.410. The SMILES string of the molecule is COC(=O)c1ccccc1NC(=O)c1oc2c(c1C)/C(=N/NC(N)=S)CCC2. The molecule has 0 unspecified atom stereocenters. The Morgan fingerprint density at radius 2 is 2.04 bits per heavy atom. The molecule has 2 aromatic rings. The lowest BCUT2D eigenvalue weighted by Crippen LogP contribution is -2.26. The number of benzene rings is 1. The average Bonchev–Trinajstić information content (AvgIpc) is 3.03. The van der Waals surface area contributed by atoms with Gasteiger partial charge in [-0.3, -0.25) is 10.2 Å². The number of hydrazone groups is 1. The number of nitrogens with two attached hydrogens (primary N) is 1. The van der Waals surface area contributed by atoms with Crippen LogP contribution in [0.4, 0.5) is 5.69 Å². The number of fused-ring (bicyclic) bond motifs is 1. The number of hydrogen-bond donors (Lipinski definition) is 3.